The van der Waals surface area contributed by atoms with Crippen LogP contribution in [0.15, 0.2) is 10.6 Å². The van der Waals surface area contributed by atoms with Crippen molar-refractivity contribution < 1.29 is 19.8 Å². The normalized spacial score (nSPS) is 28.7. The molecule has 0 aromatic heterocycles. The summed E-state index contributed by atoms with van der Waals surface area (Å²) in [5.41, 5.74) is 0.0402. The number of carboxylic acids is 1. The van der Waals surface area contributed by atoms with Gasteiger partial charge in [-0.25, -0.2) is 4.79 Å². The van der Waals surface area contributed by atoms with Crippen LogP contribution >= 0.6 is 24.0 Å². The van der Waals surface area contributed by atoms with E-state index >= 15 is 0 Å². The molecule has 3 aliphatic rings. The number of fused-ring (bicyclic) bond motifs is 1. The van der Waals surface area contributed by atoms with Gasteiger partial charge in [-0.05, 0) is 19.8 Å². The molecule has 1 amide bonds. The number of hydrogen-bond acceptors (Lipinski definition) is 5. The zero-order valence-electron chi connectivity index (χ0n) is 12.2. The number of aliphatic hydroxyl groups is 1. The van der Waals surface area contributed by atoms with Crippen LogP contribution in [0.2, 0.25) is 0 Å². The van der Waals surface area contributed by atoms with Gasteiger partial charge in [-0.15, -0.1) is 0 Å². The quantitative estimate of drug-likeness (QED) is 0.585. The van der Waals surface area contributed by atoms with Crippen molar-refractivity contribution in [3.63, 3.8) is 0 Å². The number of hydrogen-bond donors (Lipinski definition) is 2. The number of amides is 1. The van der Waals surface area contributed by atoms with Crippen molar-refractivity contribution in [1.29, 1.82) is 0 Å². The minimum absolute atomic E-state index is 0.0402. The molecule has 3 rings (SSSR count). The number of carboxylic acid groups (broad SMARTS) is 1. The Balaban J connectivity index is 1.79. The summed E-state index contributed by atoms with van der Waals surface area (Å²) in [5.74, 6) is -1.92. The molecule has 3 heterocycles. The van der Waals surface area contributed by atoms with E-state index in [1.54, 1.807) is 6.92 Å². The molecule has 0 saturated carbocycles. The van der Waals surface area contributed by atoms with Gasteiger partial charge < -0.3 is 20.0 Å². The lowest BCUT2D eigenvalue weighted by atomic mass is 9.83. The number of thiocarbonyl (C=S) groups is 1. The van der Waals surface area contributed by atoms with Crippen molar-refractivity contribution in [2.24, 2.45) is 5.92 Å². The minimum atomic E-state index is -1.10. The number of aliphatic carboxylic acids is 1. The highest BCUT2D eigenvalue weighted by Crippen LogP contribution is 2.47. The number of thioether (sulfide) groups is 1. The zero-order chi connectivity index (χ0) is 16.0. The Morgan fingerprint density at radius 1 is 1.41 bits per heavy atom. The summed E-state index contributed by atoms with van der Waals surface area (Å²) in [7, 11) is 0. The third kappa shape index (κ3) is 2.43. The van der Waals surface area contributed by atoms with E-state index in [0.29, 0.717) is 15.6 Å². The first-order chi connectivity index (χ1) is 10.4. The summed E-state index contributed by atoms with van der Waals surface area (Å²) in [6.45, 7) is 3.38. The Hall–Kier alpha value is -1.12. The average molecular weight is 342 g/mol. The Bertz CT molecular complexity index is 569. The fraction of sp³-hybridized carbons (Fsp3) is 0.643. The second-order valence-corrected chi connectivity index (χ2v) is 7.61. The highest BCUT2D eigenvalue weighted by Gasteiger charge is 2.56. The Kier molecular flexibility index (Phi) is 4.17. The van der Waals surface area contributed by atoms with Crippen molar-refractivity contribution in [1.82, 2.24) is 9.80 Å². The number of nitrogens with zero attached hydrogens (tertiary/aromatic N) is 2. The molecule has 0 aliphatic carbocycles. The Morgan fingerprint density at radius 2 is 2.05 bits per heavy atom. The molecule has 0 radical (unpaired) electrons. The second kappa shape index (κ2) is 5.82. The lowest BCUT2D eigenvalue weighted by molar-refractivity contribution is -0.161. The van der Waals surface area contributed by atoms with Crippen LogP contribution in [0, 0.1) is 5.92 Å². The van der Waals surface area contributed by atoms with Crippen molar-refractivity contribution in [3.05, 3.63) is 10.6 Å². The van der Waals surface area contributed by atoms with Crippen LogP contribution in [0.4, 0.5) is 0 Å². The van der Waals surface area contributed by atoms with E-state index in [0.717, 1.165) is 25.9 Å². The maximum atomic E-state index is 12.1. The summed E-state index contributed by atoms with van der Waals surface area (Å²) < 4.78 is 0.676. The van der Waals surface area contributed by atoms with Gasteiger partial charge in [0.2, 0.25) is 5.91 Å². The molecule has 3 atom stereocenters. The van der Waals surface area contributed by atoms with Crippen LogP contribution in [0.5, 0.6) is 0 Å². The lowest BCUT2D eigenvalue weighted by Gasteiger charge is -2.44. The number of carbonyl (C=O) groups is 2. The Morgan fingerprint density at radius 3 is 2.59 bits per heavy atom. The van der Waals surface area contributed by atoms with Gasteiger partial charge in [-0.3, -0.25) is 4.79 Å². The molecule has 120 valence electrons. The van der Waals surface area contributed by atoms with Gasteiger partial charge in [0.25, 0.3) is 0 Å². The van der Waals surface area contributed by atoms with Crippen LogP contribution in [0.25, 0.3) is 0 Å². The van der Waals surface area contributed by atoms with E-state index in [2.05, 4.69) is 4.90 Å². The van der Waals surface area contributed by atoms with Crippen molar-refractivity contribution >= 4 is 40.2 Å². The van der Waals surface area contributed by atoms with E-state index in [1.165, 1.54) is 16.7 Å². The fourth-order valence-corrected chi connectivity index (χ4v) is 4.94. The molecule has 0 bridgehead atoms. The highest BCUT2D eigenvalue weighted by molar-refractivity contribution is 8.25. The third-order valence-corrected chi connectivity index (χ3v) is 6.01. The predicted molar refractivity (Wildman–Crippen MR) is 86.1 cm³/mol. The van der Waals surface area contributed by atoms with Gasteiger partial charge in [0, 0.05) is 24.4 Å². The van der Waals surface area contributed by atoms with E-state index in [1.807, 2.05) is 0 Å². The SMILES string of the molecule is C[C@@H](O)[C@H]1C(=O)N2C(C(=O)O)=C(SC(=S)N3CCCC3)C[C@H]12. The van der Waals surface area contributed by atoms with E-state index < -0.39 is 18.0 Å². The zero-order valence-corrected chi connectivity index (χ0v) is 13.8. The second-order valence-electron chi connectivity index (χ2n) is 5.89. The fourth-order valence-electron chi connectivity index (χ4n) is 3.39. The van der Waals surface area contributed by atoms with Gasteiger partial charge >= 0.3 is 5.97 Å². The smallest absolute Gasteiger partial charge is 0.353 e. The molecule has 2 saturated heterocycles. The van der Waals surface area contributed by atoms with Crippen LogP contribution in [0.1, 0.15) is 26.2 Å². The number of carbonyl (C=O) groups excluding carboxylic acids is 1. The summed E-state index contributed by atoms with van der Waals surface area (Å²) >= 11 is 6.69. The van der Waals surface area contributed by atoms with E-state index in [4.69, 9.17) is 12.2 Å². The highest BCUT2D eigenvalue weighted by atomic mass is 32.2. The maximum absolute atomic E-state index is 12.1. The molecular weight excluding hydrogens is 324 g/mol. The van der Waals surface area contributed by atoms with Gasteiger partial charge in [0.1, 0.15) is 10.0 Å². The average Bonchev–Trinajstić information content (AvgIpc) is 3.04. The van der Waals surface area contributed by atoms with E-state index in [-0.39, 0.29) is 17.6 Å². The van der Waals surface area contributed by atoms with Crippen LogP contribution < -0.4 is 0 Å². The standard InChI is InChI=1S/C14H18N2O4S2/c1-7(17)10-8-6-9(11(13(19)20)16(8)12(10)18)22-14(21)15-4-2-3-5-15/h7-8,10,17H,2-6H2,1H3,(H,19,20)/t7-,8-,10-/m1/s1. The van der Waals surface area contributed by atoms with Crippen molar-refractivity contribution in [3.8, 4) is 0 Å². The van der Waals surface area contributed by atoms with Crippen molar-refractivity contribution in [2.45, 2.75) is 38.3 Å². The van der Waals surface area contributed by atoms with Gasteiger partial charge in [0.15, 0.2) is 0 Å². The van der Waals surface area contributed by atoms with Crippen LogP contribution in [0.3, 0.4) is 0 Å². The largest absolute Gasteiger partial charge is 0.477 e. The molecule has 0 unspecified atom stereocenters. The van der Waals surface area contributed by atoms with Gasteiger partial charge in [0.05, 0.1) is 18.1 Å². The van der Waals surface area contributed by atoms with Gasteiger partial charge in [-0.1, -0.05) is 24.0 Å². The monoisotopic (exact) mass is 342 g/mol. The number of aliphatic hydroxyl groups excluding tert-OH is 1. The summed E-state index contributed by atoms with van der Waals surface area (Å²) in [4.78, 5) is 27.7. The number of β-lactam (4-membered cyclic amide) rings is 1. The Labute approximate surface area is 138 Å². The molecule has 0 aromatic rings. The van der Waals surface area contributed by atoms with Crippen LogP contribution in [-0.4, -0.2) is 61.4 Å². The first-order valence-corrected chi connectivity index (χ1v) is 8.58. The molecule has 8 heteroatoms. The number of likely N-dealkylation sites (tertiary alicyclic amines) is 1. The maximum Gasteiger partial charge on any atom is 0.353 e. The van der Waals surface area contributed by atoms with Crippen LogP contribution in [-0.2, 0) is 9.59 Å². The summed E-state index contributed by atoms with van der Waals surface area (Å²) in [5, 5.41) is 19.1. The van der Waals surface area contributed by atoms with Crippen molar-refractivity contribution in [2.75, 3.05) is 13.1 Å². The molecule has 2 fully saturated rings. The molecule has 0 spiro atoms. The molecule has 22 heavy (non-hydrogen) atoms. The lowest BCUT2D eigenvalue weighted by Crippen LogP contribution is -2.61. The first-order valence-electron chi connectivity index (χ1n) is 7.36. The molecule has 0 aromatic carbocycles. The predicted octanol–water partition coefficient (Wildman–Crippen LogP) is 1.01. The minimum Gasteiger partial charge on any atom is -0.477 e. The van der Waals surface area contributed by atoms with Gasteiger partial charge in [-0.2, -0.15) is 0 Å². The molecule has 2 N–H and O–H groups in total. The number of rotatable bonds is 3. The topological polar surface area (TPSA) is 81.1 Å². The molecular formula is C14H18N2O4S2. The first kappa shape index (κ1) is 15.8. The molecule has 3 aliphatic heterocycles. The third-order valence-electron chi connectivity index (χ3n) is 4.47. The molecule has 6 nitrogen and oxygen atoms in total. The van der Waals surface area contributed by atoms with E-state index in [9.17, 15) is 19.8 Å². The summed E-state index contributed by atoms with van der Waals surface area (Å²) in [6.07, 6.45) is 1.89. The summed E-state index contributed by atoms with van der Waals surface area (Å²) in [6, 6.07) is -0.248.